The number of nitrogens with two attached hydrogens (primary N) is 1. The molecule has 0 saturated carbocycles. The quantitative estimate of drug-likeness (QED) is 0.414. The Morgan fingerprint density at radius 2 is 1.59 bits per heavy atom. The fraction of sp³-hybridized carbons (Fsp3) is 0.304. The van der Waals surface area contributed by atoms with Crippen molar-refractivity contribution in [3.63, 3.8) is 0 Å². The maximum absolute atomic E-state index is 6.27. The van der Waals surface area contributed by atoms with Crippen molar-refractivity contribution in [2.45, 2.75) is 45.3 Å². The molecule has 2 heterocycles. The van der Waals surface area contributed by atoms with Crippen molar-refractivity contribution in [3.05, 3.63) is 70.0 Å². The smallest absolute Gasteiger partial charge is 0.421 e. The van der Waals surface area contributed by atoms with Gasteiger partial charge >= 0.3 is 13.1 Å². The number of rotatable bonds is 5. The second-order valence-corrected chi connectivity index (χ2v) is 9.54. The van der Waals surface area contributed by atoms with Crippen LogP contribution in [0.4, 0.5) is 5.69 Å². The number of anilines is 1. The van der Waals surface area contributed by atoms with Gasteiger partial charge in [0.05, 0.1) is 26.9 Å². The molecule has 0 spiro atoms. The molecule has 9 heteroatoms. The molecule has 166 valence electrons. The van der Waals surface area contributed by atoms with Crippen LogP contribution in [0.5, 0.6) is 11.8 Å². The van der Waals surface area contributed by atoms with Crippen molar-refractivity contribution in [1.82, 2.24) is 9.97 Å². The zero-order valence-corrected chi connectivity index (χ0v) is 19.9. The predicted octanol–water partition coefficient (Wildman–Crippen LogP) is 5.05. The van der Waals surface area contributed by atoms with E-state index in [2.05, 4.69) is 9.97 Å². The molecular formula is C23H24BCl2N3O3. The van der Waals surface area contributed by atoms with Crippen LogP contribution in [-0.2, 0) is 15.7 Å². The molecule has 1 aliphatic heterocycles. The van der Waals surface area contributed by atoms with Crippen LogP contribution in [0.25, 0.3) is 0 Å². The lowest BCUT2D eigenvalue weighted by Crippen LogP contribution is -2.41. The van der Waals surface area contributed by atoms with Crippen LogP contribution in [-0.4, -0.2) is 28.3 Å². The molecule has 4 rings (SSSR count). The SMILES string of the molecule is CC1(C)OB(c2cnc(Oc3c(Cl)cc(N)cc3Cl)nc2Cc2ccccc2)OC1(C)C. The van der Waals surface area contributed by atoms with Gasteiger partial charge in [-0.15, -0.1) is 0 Å². The highest BCUT2D eigenvalue weighted by Crippen LogP contribution is 2.38. The molecule has 1 aliphatic rings. The van der Waals surface area contributed by atoms with E-state index in [1.54, 1.807) is 18.3 Å². The number of nitrogen functional groups attached to an aromatic ring is 1. The Morgan fingerprint density at radius 3 is 2.19 bits per heavy atom. The van der Waals surface area contributed by atoms with Crippen molar-refractivity contribution in [3.8, 4) is 11.8 Å². The van der Waals surface area contributed by atoms with Crippen molar-refractivity contribution >= 4 is 41.5 Å². The minimum Gasteiger partial charge on any atom is -0.421 e. The van der Waals surface area contributed by atoms with E-state index in [1.165, 1.54) is 0 Å². The number of nitrogens with zero attached hydrogens (tertiary/aromatic N) is 2. The summed E-state index contributed by atoms with van der Waals surface area (Å²) in [6.07, 6.45) is 2.21. The van der Waals surface area contributed by atoms with Crippen LogP contribution in [0.3, 0.4) is 0 Å². The summed E-state index contributed by atoms with van der Waals surface area (Å²) in [5.74, 6) is 0.247. The Balaban J connectivity index is 1.72. The Kier molecular flexibility index (Phi) is 6.11. The van der Waals surface area contributed by atoms with E-state index in [1.807, 2.05) is 58.0 Å². The number of benzene rings is 2. The van der Waals surface area contributed by atoms with Gasteiger partial charge in [0.25, 0.3) is 0 Å². The van der Waals surface area contributed by atoms with Gasteiger partial charge in [-0.1, -0.05) is 53.5 Å². The number of hydrogen-bond acceptors (Lipinski definition) is 6. The molecule has 1 saturated heterocycles. The maximum Gasteiger partial charge on any atom is 0.498 e. The second kappa shape index (κ2) is 8.56. The average Bonchev–Trinajstić information content (AvgIpc) is 2.92. The predicted molar refractivity (Wildman–Crippen MR) is 128 cm³/mol. The summed E-state index contributed by atoms with van der Waals surface area (Å²) in [5, 5.41) is 0.552. The van der Waals surface area contributed by atoms with E-state index < -0.39 is 18.3 Å². The van der Waals surface area contributed by atoms with Crippen LogP contribution < -0.4 is 15.9 Å². The minimum atomic E-state index is -0.600. The first-order valence-corrected chi connectivity index (χ1v) is 11.0. The van der Waals surface area contributed by atoms with Gasteiger partial charge in [0, 0.05) is 23.8 Å². The third kappa shape index (κ3) is 4.57. The molecule has 0 bridgehead atoms. The first-order valence-electron chi connectivity index (χ1n) is 10.2. The highest BCUT2D eigenvalue weighted by Gasteiger charge is 2.52. The molecule has 1 fully saturated rings. The lowest BCUT2D eigenvalue weighted by molar-refractivity contribution is 0.00578. The Labute approximate surface area is 198 Å². The van der Waals surface area contributed by atoms with Crippen LogP contribution in [0.2, 0.25) is 10.0 Å². The topological polar surface area (TPSA) is 79.5 Å². The van der Waals surface area contributed by atoms with Gasteiger partial charge in [0.2, 0.25) is 0 Å². The summed E-state index contributed by atoms with van der Waals surface area (Å²) in [6, 6.07) is 13.2. The summed E-state index contributed by atoms with van der Waals surface area (Å²) in [4.78, 5) is 9.05. The Morgan fingerprint density at radius 1 is 1.00 bits per heavy atom. The fourth-order valence-corrected chi connectivity index (χ4v) is 3.90. The van der Waals surface area contributed by atoms with Gasteiger partial charge < -0.3 is 19.8 Å². The number of ether oxygens (including phenoxy) is 1. The number of hydrogen-bond donors (Lipinski definition) is 1. The van der Waals surface area contributed by atoms with E-state index in [0.717, 1.165) is 16.7 Å². The largest absolute Gasteiger partial charge is 0.498 e. The van der Waals surface area contributed by atoms with Crippen molar-refractivity contribution in [2.75, 3.05) is 5.73 Å². The summed E-state index contributed by atoms with van der Waals surface area (Å²) < 4.78 is 18.3. The zero-order valence-electron chi connectivity index (χ0n) is 18.4. The lowest BCUT2D eigenvalue weighted by Gasteiger charge is -2.32. The van der Waals surface area contributed by atoms with Gasteiger partial charge in [-0.3, -0.25) is 0 Å². The molecular weight excluding hydrogens is 448 g/mol. The molecule has 6 nitrogen and oxygen atoms in total. The molecule has 32 heavy (non-hydrogen) atoms. The second-order valence-electron chi connectivity index (χ2n) is 8.72. The third-order valence-corrected chi connectivity index (χ3v) is 6.37. The van der Waals surface area contributed by atoms with E-state index in [9.17, 15) is 0 Å². The summed E-state index contributed by atoms with van der Waals surface area (Å²) in [5.41, 5.74) is 7.80. The Hall–Kier alpha value is -2.32. The van der Waals surface area contributed by atoms with Crippen LogP contribution in [0.15, 0.2) is 48.7 Å². The molecule has 2 N–H and O–H groups in total. The zero-order chi connectivity index (χ0) is 23.1. The highest BCUT2D eigenvalue weighted by atomic mass is 35.5. The van der Waals surface area contributed by atoms with Gasteiger partial charge in [-0.05, 0) is 45.4 Å². The minimum absolute atomic E-state index is 0.116. The number of halogens is 2. The molecule has 1 aromatic heterocycles. The van der Waals surface area contributed by atoms with E-state index in [4.69, 9.17) is 43.0 Å². The van der Waals surface area contributed by atoms with E-state index >= 15 is 0 Å². The molecule has 0 aliphatic carbocycles. The third-order valence-electron chi connectivity index (χ3n) is 5.81. The van der Waals surface area contributed by atoms with Gasteiger partial charge in [-0.2, -0.15) is 4.98 Å². The molecule has 2 aromatic carbocycles. The van der Waals surface area contributed by atoms with Gasteiger partial charge in [0.1, 0.15) is 0 Å². The monoisotopic (exact) mass is 471 g/mol. The Bertz CT molecular complexity index is 1100. The summed E-state index contributed by atoms with van der Waals surface area (Å²) >= 11 is 12.5. The van der Waals surface area contributed by atoms with E-state index in [-0.39, 0.29) is 21.8 Å². The van der Waals surface area contributed by atoms with E-state index in [0.29, 0.717) is 12.1 Å². The molecule has 0 amide bonds. The van der Waals surface area contributed by atoms with Crippen molar-refractivity contribution < 1.29 is 14.0 Å². The highest BCUT2D eigenvalue weighted by molar-refractivity contribution is 6.62. The first-order chi connectivity index (χ1) is 15.1. The normalized spacial score (nSPS) is 16.9. The fourth-order valence-electron chi connectivity index (χ4n) is 3.32. The lowest BCUT2D eigenvalue weighted by atomic mass is 9.77. The molecule has 0 radical (unpaired) electrons. The average molecular weight is 472 g/mol. The van der Waals surface area contributed by atoms with Crippen molar-refractivity contribution in [2.24, 2.45) is 0 Å². The van der Waals surface area contributed by atoms with Crippen LogP contribution in [0, 0.1) is 0 Å². The molecule has 0 unspecified atom stereocenters. The maximum atomic E-state index is 6.27. The van der Waals surface area contributed by atoms with Gasteiger partial charge in [0.15, 0.2) is 5.75 Å². The van der Waals surface area contributed by atoms with Gasteiger partial charge in [-0.25, -0.2) is 4.98 Å². The summed E-state index contributed by atoms with van der Waals surface area (Å²) in [6.45, 7) is 8.03. The standard InChI is InChI=1S/C23H24BCl2N3O3/c1-22(2)23(3,4)32-24(31-22)16-13-28-21(29-19(16)10-14-8-6-5-7-9-14)30-20-17(25)11-15(27)12-18(20)26/h5-9,11-13H,10,27H2,1-4H3. The first kappa shape index (κ1) is 22.9. The van der Waals surface area contributed by atoms with Crippen LogP contribution in [0.1, 0.15) is 39.0 Å². The molecule has 3 aromatic rings. The van der Waals surface area contributed by atoms with Crippen molar-refractivity contribution in [1.29, 1.82) is 0 Å². The summed E-state index contributed by atoms with van der Waals surface area (Å²) in [7, 11) is -0.600. The molecule has 0 atom stereocenters. The van der Waals surface area contributed by atoms with Crippen LogP contribution >= 0.6 is 23.2 Å². The number of aromatic nitrogens is 2.